The Hall–Kier alpha value is -0.290. The molecule has 1 atom stereocenters. The maximum Gasteiger partial charge on any atom is 0.401 e. The molecule has 0 radical (unpaired) electrons. The maximum absolute atomic E-state index is 12.3. The van der Waals surface area contributed by atoms with E-state index in [0.717, 1.165) is 6.42 Å². The van der Waals surface area contributed by atoms with E-state index in [1.807, 2.05) is 6.92 Å². The van der Waals surface area contributed by atoms with E-state index in [4.69, 9.17) is 5.73 Å². The van der Waals surface area contributed by atoms with Crippen LogP contribution in [0.3, 0.4) is 0 Å². The standard InChI is InChI=1S/C10H21F3N2/c1-4-5-9(6-14)15(8(2)3)7-10(11,12)13/h8-9H,4-7,14H2,1-3H3. The lowest BCUT2D eigenvalue weighted by atomic mass is 10.1. The second kappa shape index (κ2) is 6.33. The van der Waals surface area contributed by atoms with Crippen LogP contribution in [0.15, 0.2) is 0 Å². The summed E-state index contributed by atoms with van der Waals surface area (Å²) in [6.07, 6.45) is -2.58. The van der Waals surface area contributed by atoms with E-state index >= 15 is 0 Å². The van der Waals surface area contributed by atoms with Crippen molar-refractivity contribution in [2.45, 2.75) is 51.9 Å². The molecule has 0 aromatic carbocycles. The second-order valence-electron chi connectivity index (χ2n) is 4.06. The fourth-order valence-corrected chi connectivity index (χ4v) is 1.69. The van der Waals surface area contributed by atoms with E-state index < -0.39 is 12.7 Å². The Morgan fingerprint density at radius 2 is 1.80 bits per heavy atom. The van der Waals surface area contributed by atoms with Gasteiger partial charge in [0.25, 0.3) is 0 Å². The van der Waals surface area contributed by atoms with Crippen molar-refractivity contribution in [2.75, 3.05) is 13.1 Å². The van der Waals surface area contributed by atoms with Crippen molar-refractivity contribution < 1.29 is 13.2 Å². The molecule has 0 spiro atoms. The number of alkyl halides is 3. The van der Waals surface area contributed by atoms with Gasteiger partial charge in [-0.2, -0.15) is 13.2 Å². The molecule has 15 heavy (non-hydrogen) atoms. The summed E-state index contributed by atoms with van der Waals surface area (Å²) >= 11 is 0. The Bertz CT molecular complexity index is 169. The molecule has 0 aromatic heterocycles. The normalized spacial score (nSPS) is 15.0. The first-order valence-electron chi connectivity index (χ1n) is 5.34. The highest BCUT2D eigenvalue weighted by Crippen LogP contribution is 2.21. The van der Waals surface area contributed by atoms with Gasteiger partial charge in [0, 0.05) is 18.6 Å². The topological polar surface area (TPSA) is 29.3 Å². The van der Waals surface area contributed by atoms with Crippen LogP contribution in [0.25, 0.3) is 0 Å². The van der Waals surface area contributed by atoms with Crippen LogP contribution >= 0.6 is 0 Å². The Balaban J connectivity index is 4.48. The van der Waals surface area contributed by atoms with E-state index in [-0.39, 0.29) is 18.6 Å². The number of halogens is 3. The number of nitrogens with zero attached hydrogens (tertiary/aromatic N) is 1. The molecule has 0 fully saturated rings. The molecule has 0 aliphatic carbocycles. The number of rotatable bonds is 6. The monoisotopic (exact) mass is 226 g/mol. The molecular formula is C10H21F3N2. The van der Waals surface area contributed by atoms with E-state index in [2.05, 4.69) is 0 Å². The van der Waals surface area contributed by atoms with E-state index in [1.54, 1.807) is 13.8 Å². The molecule has 2 N–H and O–H groups in total. The minimum absolute atomic E-state index is 0.133. The zero-order valence-electron chi connectivity index (χ0n) is 9.64. The van der Waals surface area contributed by atoms with Gasteiger partial charge >= 0.3 is 6.18 Å². The van der Waals surface area contributed by atoms with Gasteiger partial charge in [0.05, 0.1) is 6.54 Å². The molecule has 0 rings (SSSR count). The lowest BCUT2D eigenvalue weighted by Gasteiger charge is -2.34. The van der Waals surface area contributed by atoms with E-state index in [1.165, 1.54) is 4.90 Å². The number of nitrogens with two attached hydrogens (primary N) is 1. The largest absolute Gasteiger partial charge is 0.401 e. The SMILES string of the molecule is CCCC(CN)N(CC(F)(F)F)C(C)C. The first kappa shape index (κ1) is 14.7. The average molecular weight is 226 g/mol. The summed E-state index contributed by atoms with van der Waals surface area (Å²) in [6.45, 7) is 4.90. The molecule has 0 aliphatic heterocycles. The fourth-order valence-electron chi connectivity index (χ4n) is 1.69. The molecule has 0 saturated carbocycles. The van der Waals surface area contributed by atoms with Crippen molar-refractivity contribution >= 4 is 0 Å². The third kappa shape index (κ3) is 5.99. The van der Waals surface area contributed by atoms with Gasteiger partial charge in [-0.15, -0.1) is 0 Å². The highest BCUT2D eigenvalue weighted by molar-refractivity contribution is 4.77. The van der Waals surface area contributed by atoms with Crippen molar-refractivity contribution in [3.8, 4) is 0 Å². The first-order valence-corrected chi connectivity index (χ1v) is 5.34. The molecular weight excluding hydrogens is 205 g/mol. The molecule has 0 aromatic rings. The van der Waals surface area contributed by atoms with Crippen LogP contribution in [0, 0.1) is 0 Å². The highest BCUT2D eigenvalue weighted by Gasteiger charge is 2.34. The summed E-state index contributed by atoms with van der Waals surface area (Å²) in [4.78, 5) is 1.43. The number of hydrogen-bond donors (Lipinski definition) is 1. The van der Waals surface area contributed by atoms with Crippen LogP contribution in [-0.2, 0) is 0 Å². The van der Waals surface area contributed by atoms with Crippen LogP contribution in [0.5, 0.6) is 0 Å². The lowest BCUT2D eigenvalue weighted by Crippen LogP contribution is -2.48. The Morgan fingerprint density at radius 3 is 2.07 bits per heavy atom. The predicted molar refractivity (Wildman–Crippen MR) is 55.6 cm³/mol. The second-order valence-corrected chi connectivity index (χ2v) is 4.06. The van der Waals surface area contributed by atoms with Crippen molar-refractivity contribution in [3.63, 3.8) is 0 Å². The lowest BCUT2D eigenvalue weighted by molar-refractivity contribution is -0.155. The minimum atomic E-state index is -4.15. The van der Waals surface area contributed by atoms with Gasteiger partial charge in [-0.3, -0.25) is 4.90 Å². The summed E-state index contributed by atoms with van der Waals surface area (Å²) in [5.74, 6) is 0. The quantitative estimate of drug-likeness (QED) is 0.753. The third-order valence-corrected chi connectivity index (χ3v) is 2.39. The summed E-state index contributed by atoms with van der Waals surface area (Å²) in [5, 5.41) is 0. The minimum Gasteiger partial charge on any atom is -0.329 e. The van der Waals surface area contributed by atoms with Crippen LogP contribution in [0.1, 0.15) is 33.6 Å². The zero-order valence-corrected chi connectivity index (χ0v) is 9.64. The summed E-state index contributed by atoms with van der Waals surface area (Å²) < 4.78 is 37.0. The van der Waals surface area contributed by atoms with Gasteiger partial charge in [-0.25, -0.2) is 0 Å². The van der Waals surface area contributed by atoms with Gasteiger partial charge in [0.2, 0.25) is 0 Å². The summed E-state index contributed by atoms with van der Waals surface area (Å²) in [6, 6.07) is -0.302. The summed E-state index contributed by atoms with van der Waals surface area (Å²) in [7, 11) is 0. The summed E-state index contributed by atoms with van der Waals surface area (Å²) in [5.41, 5.74) is 5.51. The van der Waals surface area contributed by atoms with E-state index in [0.29, 0.717) is 6.42 Å². The van der Waals surface area contributed by atoms with Gasteiger partial charge < -0.3 is 5.73 Å². The van der Waals surface area contributed by atoms with E-state index in [9.17, 15) is 13.2 Å². The molecule has 0 aliphatic rings. The Kier molecular flexibility index (Phi) is 6.20. The van der Waals surface area contributed by atoms with Crippen molar-refractivity contribution in [1.82, 2.24) is 4.90 Å². The van der Waals surface area contributed by atoms with Crippen LogP contribution in [0.2, 0.25) is 0 Å². The third-order valence-electron chi connectivity index (χ3n) is 2.39. The first-order chi connectivity index (χ1) is 6.81. The van der Waals surface area contributed by atoms with Crippen molar-refractivity contribution in [1.29, 1.82) is 0 Å². The smallest absolute Gasteiger partial charge is 0.329 e. The molecule has 0 amide bonds. The van der Waals surface area contributed by atoms with Gasteiger partial charge in [-0.1, -0.05) is 13.3 Å². The van der Waals surface area contributed by atoms with Crippen LogP contribution in [-0.4, -0.2) is 36.2 Å². The molecule has 1 unspecified atom stereocenters. The van der Waals surface area contributed by atoms with Gasteiger partial charge in [0.15, 0.2) is 0 Å². The molecule has 0 heterocycles. The maximum atomic E-state index is 12.3. The zero-order chi connectivity index (χ0) is 12.1. The molecule has 0 bridgehead atoms. The molecule has 92 valence electrons. The average Bonchev–Trinajstić information content (AvgIpc) is 2.09. The van der Waals surface area contributed by atoms with Gasteiger partial charge in [0.1, 0.15) is 0 Å². The van der Waals surface area contributed by atoms with Crippen LogP contribution in [0.4, 0.5) is 13.2 Å². The van der Waals surface area contributed by atoms with Crippen molar-refractivity contribution in [3.05, 3.63) is 0 Å². The molecule has 2 nitrogen and oxygen atoms in total. The number of hydrogen-bond acceptors (Lipinski definition) is 2. The fraction of sp³-hybridized carbons (Fsp3) is 1.00. The molecule has 5 heteroatoms. The van der Waals surface area contributed by atoms with Crippen LogP contribution < -0.4 is 5.73 Å². The predicted octanol–water partition coefficient (Wildman–Crippen LogP) is 2.39. The molecule has 0 saturated heterocycles. The van der Waals surface area contributed by atoms with Crippen molar-refractivity contribution in [2.24, 2.45) is 5.73 Å². The Morgan fingerprint density at radius 1 is 1.27 bits per heavy atom. The Labute approximate surface area is 89.6 Å². The highest BCUT2D eigenvalue weighted by atomic mass is 19.4. The van der Waals surface area contributed by atoms with Gasteiger partial charge in [-0.05, 0) is 20.3 Å².